The molecule has 0 aromatic carbocycles. The fraction of sp³-hybridized carbons (Fsp3) is 0.939. The molecule has 0 unspecified atom stereocenters. The first kappa shape index (κ1) is 53.4. The lowest BCUT2D eigenvalue weighted by molar-refractivity contribution is -0.167. The standard InChI is InChI=1S/C49H94O6/c1-4-7-10-13-16-19-22-24-25-28-30-33-36-39-42-48(51)54-45-46(55-49(52)43-40-37-34-31-26-21-18-15-12-9-6-3)44-53-47(50)41-38-35-32-29-27-23-20-17-14-11-8-5-2/h46H,4-45H2,1-3H3/t46-/m0/s1. The maximum absolute atomic E-state index is 12.7. The summed E-state index contributed by atoms with van der Waals surface area (Å²) in [7, 11) is 0. The lowest BCUT2D eigenvalue weighted by Crippen LogP contribution is -2.30. The first-order valence-corrected chi connectivity index (χ1v) is 24.5. The second-order valence-electron chi connectivity index (χ2n) is 16.7. The summed E-state index contributed by atoms with van der Waals surface area (Å²) in [5.74, 6) is -0.846. The summed E-state index contributed by atoms with van der Waals surface area (Å²) in [4.78, 5) is 37.8. The van der Waals surface area contributed by atoms with Crippen molar-refractivity contribution in [2.24, 2.45) is 0 Å². The Balaban J connectivity index is 4.30. The zero-order valence-electron chi connectivity index (χ0n) is 37.2. The Kier molecular flexibility index (Phi) is 43.8. The van der Waals surface area contributed by atoms with E-state index in [1.54, 1.807) is 0 Å². The molecule has 0 aliphatic heterocycles. The van der Waals surface area contributed by atoms with Gasteiger partial charge in [-0.1, -0.05) is 239 Å². The predicted octanol–water partition coefficient (Wildman–Crippen LogP) is 15.6. The van der Waals surface area contributed by atoms with Crippen LogP contribution in [0, 0.1) is 0 Å². The Hall–Kier alpha value is -1.59. The molecule has 326 valence electrons. The highest BCUT2D eigenvalue weighted by Crippen LogP contribution is 2.16. The van der Waals surface area contributed by atoms with Gasteiger partial charge in [0.15, 0.2) is 6.10 Å². The van der Waals surface area contributed by atoms with Crippen molar-refractivity contribution in [1.82, 2.24) is 0 Å². The van der Waals surface area contributed by atoms with E-state index in [0.717, 1.165) is 57.8 Å². The van der Waals surface area contributed by atoms with Crippen LogP contribution in [0.15, 0.2) is 0 Å². The van der Waals surface area contributed by atoms with Gasteiger partial charge in [0, 0.05) is 19.3 Å². The molecule has 0 bridgehead atoms. The molecule has 55 heavy (non-hydrogen) atoms. The maximum atomic E-state index is 12.7. The zero-order chi connectivity index (χ0) is 40.1. The van der Waals surface area contributed by atoms with Gasteiger partial charge in [-0.2, -0.15) is 0 Å². The molecule has 0 aliphatic rings. The van der Waals surface area contributed by atoms with E-state index in [0.29, 0.717) is 19.3 Å². The monoisotopic (exact) mass is 779 g/mol. The van der Waals surface area contributed by atoms with Gasteiger partial charge < -0.3 is 14.2 Å². The maximum Gasteiger partial charge on any atom is 0.306 e. The molecular formula is C49H94O6. The molecule has 0 rings (SSSR count). The van der Waals surface area contributed by atoms with Gasteiger partial charge in [-0.3, -0.25) is 14.4 Å². The van der Waals surface area contributed by atoms with Crippen molar-refractivity contribution in [3.8, 4) is 0 Å². The number of hydrogen-bond acceptors (Lipinski definition) is 6. The Morgan fingerprint density at radius 1 is 0.291 bits per heavy atom. The minimum Gasteiger partial charge on any atom is -0.462 e. The molecule has 0 radical (unpaired) electrons. The summed E-state index contributed by atoms with van der Waals surface area (Å²) in [6.07, 6.45) is 46.5. The highest BCUT2D eigenvalue weighted by molar-refractivity contribution is 5.71. The fourth-order valence-corrected chi connectivity index (χ4v) is 7.38. The molecule has 0 amide bonds. The highest BCUT2D eigenvalue weighted by atomic mass is 16.6. The molecule has 6 nitrogen and oxygen atoms in total. The number of rotatable bonds is 45. The van der Waals surface area contributed by atoms with Crippen LogP contribution in [0.2, 0.25) is 0 Å². The molecule has 0 fully saturated rings. The van der Waals surface area contributed by atoms with Crippen LogP contribution in [0.25, 0.3) is 0 Å². The van der Waals surface area contributed by atoms with Crippen molar-refractivity contribution < 1.29 is 28.6 Å². The van der Waals surface area contributed by atoms with Crippen LogP contribution >= 0.6 is 0 Å². The molecule has 0 saturated heterocycles. The predicted molar refractivity (Wildman–Crippen MR) is 233 cm³/mol. The third-order valence-corrected chi connectivity index (χ3v) is 11.1. The summed E-state index contributed by atoms with van der Waals surface area (Å²) in [6.45, 7) is 6.66. The number of ether oxygens (including phenoxy) is 3. The third-order valence-electron chi connectivity index (χ3n) is 11.1. The number of carbonyl (C=O) groups excluding carboxylic acids is 3. The van der Waals surface area contributed by atoms with Gasteiger partial charge >= 0.3 is 17.9 Å². The van der Waals surface area contributed by atoms with E-state index in [1.165, 1.54) is 180 Å². The molecule has 0 heterocycles. The van der Waals surface area contributed by atoms with Gasteiger partial charge in [-0.15, -0.1) is 0 Å². The van der Waals surface area contributed by atoms with Gasteiger partial charge in [-0.25, -0.2) is 0 Å². The van der Waals surface area contributed by atoms with Gasteiger partial charge in [0.25, 0.3) is 0 Å². The third kappa shape index (κ3) is 43.4. The van der Waals surface area contributed by atoms with Crippen molar-refractivity contribution in [2.45, 2.75) is 284 Å². The molecule has 1 atom stereocenters. The summed E-state index contributed by atoms with van der Waals surface area (Å²) in [6, 6.07) is 0. The van der Waals surface area contributed by atoms with E-state index < -0.39 is 6.10 Å². The summed E-state index contributed by atoms with van der Waals surface area (Å²) < 4.78 is 16.8. The van der Waals surface area contributed by atoms with Gasteiger partial charge in [0.1, 0.15) is 13.2 Å². The first-order chi connectivity index (χ1) is 27.0. The van der Waals surface area contributed by atoms with Crippen LogP contribution in [-0.4, -0.2) is 37.2 Å². The fourth-order valence-electron chi connectivity index (χ4n) is 7.38. The SMILES string of the molecule is CCCCCCCCCCCCCCCCC(=O)OC[C@H](COC(=O)CCCCCCCCCCCCCC)OC(=O)CCCCCCCCCCCCC. The van der Waals surface area contributed by atoms with Crippen molar-refractivity contribution >= 4 is 17.9 Å². The second kappa shape index (κ2) is 45.1. The Labute approximate surface area is 342 Å². The summed E-state index contributed by atoms with van der Waals surface area (Å²) in [5.41, 5.74) is 0. The molecule has 6 heteroatoms. The molecule has 0 saturated carbocycles. The zero-order valence-corrected chi connectivity index (χ0v) is 37.2. The van der Waals surface area contributed by atoms with Crippen molar-refractivity contribution in [1.29, 1.82) is 0 Å². The van der Waals surface area contributed by atoms with Crippen LogP contribution in [0.3, 0.4) is 0 Å². The van der Waals surface area contributed by atoms with Crippen LogP contribution in [0.4, 0.5) is 0 Å². The molecular weight excluding hydrogens is 685 g/mol. The number of unbranched alkanes of at least 4 members (excludes halogenated alkanes) is 34. The average molecular weight is 779 g/mol. The quantitative estimate of drug-likeness (QED) is 0.0348. The molecule has 0 aromatic heterocycles. The molecule has 0 spiro atoms. The summed E-state index contributed by atoms with van der Waals surface area (Å²) >= 11 is 0. The van der Waals surface area contributed by atoms with Crippen LogP contribution in [0.5, 0.6) is 0 Å². The second-order valence-corrected chi connectivity index (χ2v) is 16.7. The Bertz CT molecular complexity index is 813. The molecule has 0 aromatic rings. The molecule has 0 N–H and O–H groups in total. The minimum atomic E-state index is -0.758. The number of esters is 3. The minimum absolute atomic E-state index is 0.0622. The van der Waals surface area contributed by atoms with Crippen LogP contribution in [-0.2, 0) is 28.6 Å². The average Bonchev–Trinajstić information content (AvgIpc) is 3.18. The van der Waals surface area contributed by atoms with E-state index in [1.807, 2.05) is 0 Å². The lowest BCUT2D eigenvalue weighted by atomic mass is 10.0. The Morgan fingerprint density at radius 2 is 0.491 bits per heavy atom. The van der Waals surface area contributed by atoms with Crippen LogP contribution in [0.1, 0.15) is 278 Å². The van der Waals surface area contributed by atoms with Crippen molar-refractivity contribution in [2.75, 3.05) is 13.2 Å². The van der Waals surface area contributed by atoms with Gasteiger partial charge in [0.2, 0.25) is 0 Å². The van der Waals surface area contributed by atoms with Crippen LogP contribution < -0.4 is 0 Å². The Morgan fingerprint density at radius 3 is 0.727 bits per heavy atom. The van der Waals surface area contributed by atoms with Crippen molar-refractivity contribution in [3.63, 3.8) is 0 Å². The number of hydrogen-bond donors (Lipinski definition) is 0. The highest BCUT2D eigenvalue weighted by Gasteiger charge is 2.19. The van der Waals surface area contributed by atoms with E-state index >= 15 is 0 Å². The topological polar surface area (TPSA) is 78.9 Å². The normalized spacial score (nSPS) is 11.8. The lowest BCUT2D eigenvalue weighted by Gasteiger charge is -2.18. The van der Waals surface area contributed by atoms with E-state index in [9.17, 15) is 14.4 Å². The van der Waals surface area contributed by atoms with E-state index in [2.05, 4.69) is 20.8 Å². The largest absolute Gasteiger partial charge is 0.462 e. The van der Waals surface area contributed by atoms with Crippen molar-refractivity contribution in [3.05, 3.63) is 0 Å². The van der Waals surface area contributed by atoms with E-state index in [4.69, 9.17) is 14.2 Å². The summed E-state index contributed by atoms with van der Waals surface area (Å²) in [5, 5.41) is 0. The van der Waals surface area contributed by atoms with E-state index in [-0.39, 0.29) is 31.1 Å². The van der Waals surface area contributed by atoms with Gasteiger partial charge in [-0.05, 0) is 19.3 Å². The number of carbonyl (C=O) groups is 3. The first-order valence-electron chi connectivity index (χ1n) is 24.5. The smallest absolute Gasteiger partial charge is 0.306 e. The molecule has 0 aliphatic carbocycles. The van der Waals surface area contributed by atoms with Gasteiger partial charge in [0.05, 0.1) is 0 Å².